The van der Waals surface area contributed by atoms with E-state index in [2.05, 4.69) is 5.32 Å². The van der Waals surface area contributed by atoms with Crippen LogP contribution in [0.4, 0.5) is 0 Å². The maximum Gasteiger partial charge on any atom is 0.318 e. The first-order valence-electron chi connectivity index (χ1n) is 9.84. The third-order valence-corrected chi connectivity index (χ3v) is 4.76. The molecule has 1 N–H and O–H groups in total. The molecule has 154 valence electrons. The zero-order valence-electron chi connectivity index (χ0n) is 16.9. The van der Waals surface area contributed by atoms with Crippen molar-refractivity contribution in [2.24, 2.45) is 0 Å². The Labute approximate surface area is 176 Å². The topological polar surface area (TPSA) is 64.6 Å². The Kier molecular flexibility index (Phi) is 7.61. The molecule has 0 saturated heterocycles. The van der Waals surface area contributed by atoms with Crippen molar-refractivity contribution in [1.29, 1.82) is 0 Å². The maximum atomic E-state index is 12.8. The van der Waals surface area contributed by atoms with Gasteiger partial charge in [-0.05, 0) is 29.2 Å². The van der Waals surface area contributed by atoms with Gasteiger partial charge in [0.25, 0.3) is 5.91 Å². The largest absolute Gasteiger partial charge is 0.496 e. The fourth-order valence-electron chi connectivity index (χ4n) is 3.27. The molecular formula is C25H25NO4. The zero-order chi connectivity index (χ0) is 21.2. The number of nitrogens with one attached hydrogen (secondary N) is 1. The summed E-state index contributed by atoms with van der Waals surface area (Å²) in [6, 6.07) is 26.5. The van der Waals surface area contributed by atoms with E-state index in [0.29, 0.717) is 13.0 Å². The molecule has 3 rings (SSSR count). The molecule has 3 aromatic rings. The van der Waals surface area contributed by atoms with E-state index in [9.17, 15) is 9.59 Å². The number of para-hydroxylation sites is 1. The Hall–Kier alpha value is -3.60. The Bertz CT molecular complexity index is 918. The standard InChI is InChI=1S/C25H25NO4/c1-29-22-15-9-8-10-19(22)16-17-26-23(27)18-30-25(28)24(20-11-4-2-5-12-20)21-13-6-3-7-14-21/h2-15,24H,16-18H2,1H3,(H,26,27). The number of methoxy groups -OCH3 is 1. The number of benzene rings is 3. The van der Waals surface area contributed by atoms with Crippen LogP contribution < -0.4 is 10.1 Å². The van der Waals surface area contributed by atoms with Gasteiger partial charge in [-0.1, -0.05) is 78.9 Å². The van der Waals surface area contributed by atoms with Crippen molar-refractivity contribution in [3.63, 3.8) is 0 Å². The first kappa shape index (κ1) is 21.1. The van der Waals surface area contributed by atoms with Crippen LogP contribution in [0, 0.1) is 0 Å². The third kappa shape index (κ3) is 5.70. The highest BCUT2D eigenvalue weighted by atomic mass is 16.5. The molecule has 0 aliphatic rings. The van der Waals surface area contributed by atoms with Crippen LogP contribution in [0.1, 0.15) is 22.6 Å². The number of carbonyl (C=O) groups is 2. The first-order valence-corrected chi connectivity index (χ1v) is 9.84. The van der Waals surface area contributed by atoms with Crippen LogP contribution in [0.15, 0.2) is 84.9 Å². The summed E-state index contributed by atoms with van der Waals surface area (Å²) in [5.74, 6) is -0.578. The average Bonchev–Trinajstić information content (AvgIpc) is 2.79. The van der Waals surface area contributed by atoms with Crippen LogP contribution in [-0.4, -0.2) is 32.1 Å². The van der Waals surface area contributed by atoms with Gasteiger partial charge in [0.05, 0.1) is 7.11 Å². The van der Waals surface area contributed by atoms with Gasteiger partial charge in [0.2, 0.25) is 0 Å². The summed E-state index contributed by atoms with van der Waals surface area (Å²) < 4.78 is 10.7. The second-order valence-corrected chi connectivity index (χ2v) is 6.77. The van der Waals surface area contributed by atoms with Crippen molar-refractivity contribution < 1.29 is 19.1 Å². The summed E-state index contributed by atoms with van der Waals surface area (Å²) in [7, 11) is 1.62. The van der Waals surface area contributed by atoms with Crippen LogP contribution in [0.25, 0.3) is 0 Å². The summed E-state index contributed by atoms with van der Waals surface area (Å²) in [5.41, 5.74) is 2.65. The number of hydrogen-bond acceptors (Lipinski definition) is 4. The quantitative estimate of drug-likeness (QED) is 0.553. The lowest BCUT2D eigenvalue weighted by Gasteiger charge is -2.17. The monoisotopic (exact) mass is 403 g/mol. The zero-order valence-corrected chi connectivity index (χ0v) is 16.9. The lowest BCUT2D eigenvalue weighted by molar-refractivity contribution is -0.149. The fourth-order valence-corrected chi connectivity index (χ4v) is 3.27. The molecule has 0 atom stereocenters. The molecule has 0 bridgehead atoms. The van der Waals surface area contributed by atoms with E-state index in [1.54, 1.807) is 7.11 Å². The van der Waals surface area contributed by atoms with Crippen molar-refractivity contribution >= 4 is 11.9 Å². The van der Waals surface area contributed by atoms with Crippen molar-refractivity contribution in [2.45, 2.75) is 12.3 Å². The van der Waals surface area contributed by atoms with Gasteiger partial charge in [-0.15, -0.1) is 0 Å². The van der Waals surface area contributed by atoms with Crippen LogP contribution in [0.3, 0.4) is 0 Å². The second kappa shape index (κ2) is 10.8. The van der Waals surface area contributed by atoms with Gasteiger partial charge in [0.15, 0.2) is 6.61 Å². The van der Waals surface area contributed by atoms with E-state index in [-0.39, 0.29) is 12.5 Å². The molecule has 0 spiro atoms. The van der Waals surface area contributed by atoms with Gasteiger partial charge < -0.3 is 14.8 Å². The Balaban J connectivity index is 1.55. The number of ether oxygens (including phenoxy) is 2. The summed E-state index contributed by atoms with van der Waals surface area (Å²) in [6.45, 7) is 0.110. The minimum atomic E-state index is -0.575. The van der Waals surface area contributed by atoms with Gasteiger partial charge in [-0.2, -0.15) is 0 Å². The van der Waals surface area contributed by atoms with E-state index in [4.69, 9.17) is 9.47 Å². The van der Waals surface area contributed by atoms with Gasteiger partial charge in [0.1, 0.15) is 11.7 Å². The fraction of sp³-hybridized carbons (Fsp3) is 0.200. The normalized spacial score (nSPS) is 10.5. The SMILES string of the molecule is COc1ccccc1CCNC(=O)COC(=O)C(c1ccccc1)c1ccccc1. The predicted molar refractivity (Wildman–Crippen MR) is 115 cm³/mol. The molecule has 0 aromatic heterocycles. The molecule has 30 heavy (non-hydrogen) atoms. The Morgan fingerprint density at radius 3 is 2.00 bits per heavy atom. The van der Waals surface area contributed by atoms with Gasteiger partial charge in [0, 0.05) is 6.54 Å². The minimum absolute atomic E-state index is 0.319. The summed E-state index contributed by atoms with van der Waals surface area (Å²) >= 11 is 0. The van der Waals surface area contributed by atoms with Crippen LogP contribution >= 0.6 is 0 Å². The number of amides is 1. The lowest BCUT2D eigenvalue weighted by atomic mass is 9.91. The van der Waals surface area contributed by atoms with E-state index < -0.39 is 11.9 Å². The third-order valence-electron chi connectivity index (χ3n) is 4.76. The molecule has 0 radical (unpaired) electrons. The number of esters is 1. The molecule has 0 aliphatic heterocycles. The molecule has 5 heteroatoms. The van der Waals surface area contributed by atoms with Crippen LogP contribution in [-0.2, 0) is 20.7 Å². The second-order valence-electron chi connectivity index (χ2n) is 6.77. The Morgan fingerprint density at radius 2 is 1.40 bits per heavy atom. The molecule has 0 saturated carbocycles. The van der Waals surface area contributed by atoms with Gasteiger partial charge in [-0.3, -0.25) is 9.59 Å². The van der Waals surface area contributed by atoms with Crippen molar-refractivity contribution in [3.8, 4) is 5.75 Å². The number of hydrogen-bond donors (Lipinski definition) is 1. The van der Waals surface area contributed by atoms with E-state index in [1.807, 2.05) is 84.9 Å². The maximum absolute atomic E-state index is 12.8. The van der Waals surface area contributed by atoms with E-state index in [0.717, 1.165) is 22.4 Å². The highest BCUT2D eigenvalue weighted by Gasteiger charge is 2.24. The van der Waals surface area contributed by atoms with Gasteiger partial charge in [-0.25, -0.2) is 0 Å². The van der Waals surface area contributed by atoms with Crippen molar-refractivity contribution in [2.75, 3.05) is 20.3 Å². The summed E-state index contributed by atoms with van der Waals surface area (Å²) in [4.78, 5) is 25.0. The lowest BCUT2D eigenvalue weighted by Crippen LogP contribution is -2.31. The molecule has 0 fully saturated rings. The number of rotatable bonds is 9. The van der Waals surface area contributed by atoms with E-state index >= 15 is 0 Å². The molecule has 0 heterocycles. The molecule has 5 nitrogen and oxygen atoms in total. The number of carbonyl (C=O) groups excluding carboxylic acids is 2. The minimum Gasteiger partial charge on any atom is -0.496 e. The van der Waals surface area contributed by atoms with E-state index in [1.165, 1.54) is 0 Å². The molecule has 0 unspecified atom stereocenters. The highest BCUT2D eigenvalue weighted by molar-refractivity contribution is 5.85. The Morgan fingerprint density at radius 1 is 0.833 bits per heavy atom. The predicted octanol–water partition coefficient (Wildman–Crippen LogP) is 3.73. The van der Waals surface area contributed by atoms with Crippen molar-refractivity contribution in [3.05, 3.63) is 102 Å². The first-order chi connectivity index (χ1) is 14.7. The molecular weight excluding hydrogens is 378 g/mol. The summed E-state index contributed by atoms with van der Waals surface area (Å²) in [5, 5.41) is 2.78. The average molecular weight is 403 g/mol. The molecule has 3 aromatic carbocycles. The van der Waals surface area contributed by atoms with Crippen LogP contribution in [0.5, 0.6) is 5.75 Å². The smallest absolute Gasteiger partial charge is 0.318 e. The highest BCUT2D eigenvalue weighted by Crippen LogP contribution is 2.25. The van der Waals surface area contributed by atoms with Gasteiger partial charge >= 0.3 is 5.97 Å². The summed E-state index contributed by atoms with van der Waals surface area (Å²) in [6.07, 6.45) is 0.625. The molecule has 1 amide bonds. The molecule has 0 aliphatic carbocycles. The van der Waals surface area contributed by atoms with Crippen molar-refractivity contribution in [1.82, 2.24) is 5.32 Å². The van der Waals surface area contributed by atoms with Crippen LogP contribution in [0.2, 0.25) is 0 Å².